The molecule has 1 amide bonds. The molecule has 2 heterocycles. The molecule has 2 aliphatic rings. The number of alkyl carbamates (subject to hydrolysis) is 1. The van der Waals surface area contributed by atoms with Crippen molar-refractivity contribution in [3.63, 3.8) is 0 Å². The highest BCUT2D eigenvalue weighted by Crippen LogP contribution is 2.11. The molecule has 2 atom stereocenters. The average molecular weight is 128 g/mol. The second kappa shape index (κ2) is 1.60. The molecule has 0 aliphatic carbocycles. The predicted molar refractivity (Wildman–Crippen MR) is 30.1 cm³/mol. The van der Waals surface area contributed by atoms with Crippen LogP contribution in [0.1, 0.15) is 0 Å². The van der Waals surface area contributed by atoms with Gasteiger partial charge in [-0.25, -0.2) is 4.79 Å². The molecule has 9 heavy (non-hydrogen) atoms. The summed E-state index contributed by atoms with van der Waals surface area (Å²) in [7, 11) is 0. The van der Waals surface area contributed by atoms with Crippen LogP contribution in [0, 0.1) is 0 Å². The van der Waals surface area contributed by atoms with Gasteiger partial charge in [-0.1, -0.05) is 0 Å². The molecule has 2 fully saturated rings. The second-order valence-electron chi connectivity index (χ2n) is 2.35. The number of fused-ring (bicyclic) bond motifs is 1. The molecule has 2 N–H and O–H groups in total. The fourth-order valence-electron chi connectivity index (χ4n) is 1.25. The van der Waals surface area contributed by atoms with E-state index in [0.29, 0.717) is 0 Å². The number of hydrogen-bond donors (Lipinski definition) is 2. The van der Waals surface area contributed by atoms with Gasteiger partial charge in [-0.3, -0.25) is 0 Å². The monoisotopic (exact) mass is 128 g/mol. The van der Waals surface area contributed by atoms with Gasteiger partial charge in [0.1, 0.15) is 6.10 Å². The van der Waals surface area contributed by atoms with Crippen molar-refractivity contribution < 1.29 is 9.53 Å². The molecule has 50 valence electrons. The molecule has 0 spiro atoms. The van der Waals surface area contributed by atoms with Gasteiger partial charge in [-0.05, 0) is 0 Å². The SMILES string of the molecule is O=C1N[C@@H]2CNC[C@@H]2O1. The Morgan fingerprint density at radius 3 is 3.22 bits per heavy atom. The summed E-state index contributed by atoms with van der Waals surface area (Å²) < 4.78 is 4.87. The van der Waals surface area contributed by atoms with Crippen LogP contribution in [0.5, 0.6) is 0 Å². The predicted octanol–water partition coefficient (Wildman–Crippen LogP) is -0.933. The second-order valence-corrected chi connectivity index (χ2v) is 2.35. The Morgan fingerprint density at radius 1 is 1.56 bits per heavy atom. The highest BCUT2D eigenvalue weighted by molar-refractivity contribution is 5.70. The molecular weight excluding hydrogens is 120 g/mol. The summed E-state index contributed by atoms with van der Waals surface area (Å²) in [6.07, 6.45) is -0.191. The summed E-state index contributed by atoms with van der Waals surface area (Å²) in [5.74, 6) is 0. The van der Waals surface area contributed by atoms with E-state index in [0.717, 1.165) is 13.1 Å². The number of carbonyl (C=O) groups excluding carboxylic acids is 1. The minimum Gasteiger partial charge on any atom is -0.443 e. The number of rotatable bonds is 0. The molecule has 2 rings (SSSR count). The number of nitrogens with one attached hydrogen (secondary N) is 2. The van der Waals surface area contributed by atoms with E-state index in [2.05, 4.69) is 10.6 Å². The average Bonchev–Trinajstić information content (AvgIpc) is 2.22. The zero-order chi connectivity index (χ0) is 6.27. The quantitative estimate of drug-likeness (QED) is 0.443. The highest BCUT2D eigenvalue weighted by atomic mass is 16.6. The molecule has 2 saturated heterocycles. The number of amides is 1. The van der Waals surface area contributed by atoms with E-state index < -0.39 is 0 Å². The van der Waals surface area contributed by atoms with Crippen LogP contribution >= 0.6 is 0 Å². The Kier molecular flexibility index (Phi) is 0.900. The summed E-state index contributed by atoms with van der Waals surface area (Å²) in [6.45, 7) is 1.64. The first-order valence-corrected chi connectivity index (χ1v) is 3.04. The van der Waals surface area contributed by atoms with Crippen LogP contribution in [0.2, 0.25) is 0 Å². The van der Waals surface area contributed by atoms with Crippen molar-refractivity contribution >= 4 is 6.09 Å². The van der Waals surface area contributed by atoms with Gasteiger partial charge in [0, 0.05) is 13.1 Å². The molecule has 0 saturated carbocycles. The Hall–Kier alpha value is -0.770. The smallest absolute Gasteiger partial charge is 0.407 e. The van der Waals surface area contributed by atoms with Gasteiger partial charge in [0.15, 0.2) is 0 Å². The van der Waals surface area contributed by atoms with Gasteiger partial charge in [-0.15, -0.1) is 0 Å². The molecule has 2 aliphatic heterocycles. The fraction of sp³-hybridized carbons (Fsp3) is 0.800. The van der Waals surface area contributed by atoms with Gasteiger partial charge in [-0.2, -0.15) is 0 Å². The Labute approximate surface area is 52.6 Å². The van der Waals surface area contributed by atoms with Crippen molar-refractivity contribution in [1.82, 2.24) is 10.6 Å². The number of ether oxygens (including phenoxy) is 1. The summed E-state index contributed by atoms with van der Waals surface area (Å²) in [4.78, 5) is 10.5. The first-order valence-electron chi connectivity index (χ1n) is 3.04. The van der Waals surface area contributed by atoms with E-state index in [9.17, 15) is 4.79 Å². The number of carbonyl (C=O) groups is 1. The maximum atomic E-state index is 10.5. The Morgan fingerprint density at radius 2 is 2.44 bits per heavy atom. The van der Waals surface area contributed by atoms with Crippen molar-refractivity contribution in [2.45, 2.75) is 12.1 Å². The highest BCUT2D eigenvalue weighted by Gasteiger charge is 2.37. The Bertz CT molecular complexity index is 134. The van der Waals surface area contributed by atoms with Crippen LogP contribution in [0.25, 0.3) is 0 Å². The van der Waals surface area contributed by atoms with Gasteiger partial charge >= 0.3 is 6.09 Å². The van der Waals surface area contributed by atoms with E-state index in [-0.39, 0.29) is 18.2 Å². The van der Waals surface area contributed by atoms with Crippen molar-refractivity contribution in [3.05, 3.63) is 0 Å². The zero-order valence-electron chi connectivity index (χ0n) is 4.89. The van der Waals surface area contributed by atoms with Crippen LogP contribution < -0.4 is 10.6 Å². The summed E-state index contributed by atoms with van der Waals surface area (Å²) in [5, 5.41) is 5.80. The lowest BCUT2D eigenvalue weighted by atomic mass is 10.2. The van der Waals surface area contributed by atoms with Crippen molar-refractivity contribution in [1.29, 1.82) is 0 Å². The lowest BCUT2D eigenvalue weighted by Gasteiger charge is -2.00. The van der Waals surface area contributed by atoms with Gasteiger partial charge in [0.05, 0.1) is 6.04 Å². The molecule has 4 nitrogen and oxygen atoms in total. The maximum absolute atomic E-state index is 10.5. The van der Waals surface area contributed by atoms with Gasteiger partial charge in [0.25, 0.3) is 0 Å². The zero-order valence-corrected chi connectivity index (χ0v) is 4.89. The van der Waals surface area contributed by atoms with Crippen LogP contribution in [0.15, 0.2) is 0 Å². The molecule has 0 unspecified atom stereocenters. The van der Waals surface area contributed by atoms with Crippen LogP contribution in [-0.2, 0) is 4.74 Å². The fourth-order valence-corrected chi connectivity index (χ4v) is 1.25. The normalized spacial score (nSPS) is 39.8. The molecular formula is C5H8N2O2. The van der Waals surface area contributed by atoms with Crippen molar-refractivity contribution in [2.24, 2.45) is 0 Å². The largest absolute Gasteiger partial charge is 0.443 e. The van der Waals surface area contributed by atoms with Crippen molar-refractivity contribution in [3.8, 4) is 0 Å². The van der Waals surface area contributed by atoms with Crippen LogP contribution in [-0.4, -0.2) is 31.3 Å². The third-order valence-corrected chi connectivity index (χ3v) is 1.72. The third kappa shape index (κ3) is 0.666. The van der Waals surface area contributed by atoms with E-state index in [1.54, 1.807) is 0 Å². The first-order chi connectivity index (χ1) is 4.36. The maximum Gasteiger partial charge on any atom is 0.407 e. The molecule has 4 heteroatoms. The topological polar surface area (TPSA) is 50.4 Å². The molecule has 0 bridgehead atoms. The third-order valence-electron chi connectivity index (χ3n) is 1.72. The minimum absolute atomic E-state index is 0.0810. The summed E-state index contributed by atoms with van der Waals surface area (Å²) >= 11 is 0. The standard InChI is InChI=1S/C5H8N2O2/c8-5-7-3-1-6-2-4(3)9-5/h3-4,6H,1-2H2,(H,7,8)/t3-,4+/m1/s1. The van der Waals surface area contributed by atoms with E-state index in [4.69, 9.17) is 4.74 Å². The lowest BCUT2D eigenvalue weighted by Crippen LogP contribution is -2.31. The lowest BCUT2D eigenvalue weighted by molar-refractivity contribution is 0.142. The molecule has 0 radical (unpaired) electrons. The van der Waals surface area contributed by atoms with E-state index >= 15 is 0 Å². The number of hydrogen-bond acceptors (Lipinski definition) is 3. The minimum atomic E-state index is -0.272. The Balaban J connectivity index is 2.09. The first kappa shape index (κ1) is 5.05. The summed E-state index contributed by atoms with van der Waals surface area (Å²) in [6, 6.07) is 0.220. The van der Waals surface area contributed by atoms with Crippen LogP contribution in [0.4, 0.5) is 4.79 Å². The van der Waals surface area contributed by atoms with Gasteiger partial charge in [0.2, 0.25) is 0 Å². The molecule has 0 aromatic heterocycles. The van der Waals surface area contributed by atoms with Crippen LogP contribution in [0.3, 0.4) is 0 Å². The van der Waals surface area contributed by atoms with Gasteiger partial charge < -0.3 is 15.4 Å². The van der Waals surface area contributed by atoms with Crippen molar-refractivity contribution in [2.75, 3.05) is 13.1 Å². The molecule has 0 aromatic carbocycles. The van der Waals surface area contributed by atoms with E-state index in [1.807, 2.05) is 0 Å². The summed E-state index contributed by atoms with van der Waals surface area (Å²) in [5.41, 5.74) is 0. The molecule has 0 aromatic rings. The van der Waals surface area contributed by atoms with E-state index in [1.165, 1.54) is 0 Å².